The summed E-state index contributed by atoms with van der Waals surface area (Å²) in [6.07, 6.45) is 1.63. The topological polar surface area (TPSA) is 32.3 Å². The molecular formula is C13H18N2O. The van der Waals surface area contributed by atoms with Crippen molar-refractivity contribution in [2.75, 3.05) is 20.6 Å². The average molecular weight is 218 g/mol. The van der Waals surface area contributed by atoms with Crippen molar-refractivity contribution in [3.05, 3.63) is 35.4 Å². The van der Waals surface area contributed by atoms with Gasteiger partial charge in [0.2, 0.25) is 5.91 Å². The zero-order valence-electron chi connectivity index (χ0n) is 9.86. The van der Waals surface area contributed by atoms with E-state index < -0.39 is 0 Å². The second-order valence-corrected chi connectivity index (χ2v) is 4.32. The molecule has 1 aliphatic rings. The van der Waals surface area contributed by atoms with Crippen LogP contribution in [0.3, 0.4) is 0 Å². The van der Waals surface area contributed by atoms with E-state index in [-0.39, 0.29) is 11.9 Å². The summed E-state index contributed by atoms with van der Waals surface area (Å²) in [6.45, 7) is 1.03. The lowest BCUT2D eigenvalue weighted by molar-refractivity contribution is -0.121. The number of amides is 1. The van der Waals surface area contributed by atoms with Gasteiger partial charge in [0.1, 0.15) is 0 Å². The zero-order valence-corrected chi connectivity index (χ0v) is 9.86. The molecule has 86 valence electrons. The maximum absolute atomic E-state index is 11.5. The standard InChI is InChI=1S/C13H18N2O/c1-14-13(16)9-12-11-6-4-3-5-10(11)7-8-15(12)2/h3-6,12H,7-9H2,1-2H3,(H,14,16)/t12-/m0/s1. The SMILES string of the molecule is CNC(=O)C[C@H]1c2ccccc2CCN1C. The summed E-state index contributed by atoms with van der Waals surface area (Å²) >= 11 is 0. The number of nitrogens with zero attached hydrogens (tertiary/aromatic N) is 1. The van der Waals surface area contributed by atoms with E-state index >= 15 is 0 Å². The summed E-state index contributed by atoms with van der Waals surface area (Å²) in [6, 6.07) is 8.65. The summed E-state index contributed by atoms with van der Waals surface area (Å²) in [5, 5.41) is 2.70. The molecule has 0 spiro atoms. The first-order chi connectivity index (χ1) is 7.72. The molecule has 0 saturated carbocycles. The van der Waals surface area contributed by atoms with E-state index in [1.54, 1.807) is 7.05 Å². The summed E-state index contributed by atoms with van der Waals surface area (Å²) in [4.78, 5) is 13.8. The summed E-state index contributed by atoms with van der Waals surface area (Å²) in [5.74, 6) is 0.105. The Morgan fingerprint density at radius 3 is 3.00 bits per heavy atom. The van der Waals surface area contributed by atoms with Crippen molar-refractivity contribution in [3.8, 4) is 0 Å². The van der Waals surface area contributed by atoms with E-state index in [1.165, 1.54) is 11.1 Å². The van der Waals surface area contributed by atoms with Crippen molar-refractivity contribution in [2.45, 2.75) is 18.9 Å². The Balaban J connectivity index is 2.26. The molecule has 16 heavy (non-hydrogen) atoms. The summed E-state index contributed by atoms with van der Waals surface area (Å²) < 4.78 is 0. The molecule has 0 unspecified atom stereocenters. The highest BCUT2D eigenvalue weighted by Crippen LogP contribution is 2.30. The first-order valence-corrected chi connectivity index (χ1v) is 5.71. The van der Waals surface area contributed by atoms with Crippen LogP contribution in [0.4, 0.5) is 0 Å². The average Bonchev–Trinajstić information content (AvgIpc) is 2.32. The molecule has 1 aromatic rings. The van der Waals surface area contributed by atoms with E-state index in [0.717, 1.165) is 13.0 Å². The van der Waals surface area contributed by atoms with E-state index in [1.807, 2.05) is 0 Å². The number of rotatable bonds is 2. The van der Waals surface area contributed by atoms with Gasteiger partial charge in [-0.2, -0.15) is 0 Å². The number of carbonyl (C=O) groups is 1. The van der Waals surface area contributed by atoms with Crippen molar-refractivity contribution in [1.82, 2.24) is 10.2 Å². The molecule has 3 nitrogen and oxygen atoms in total. The quantitative estimate of drug-likeness (QED) is 0.812. The second kappa shape index (κ2) is 4.66. The van der Waals surface area contributed by atoms with Crippen LogP contribution in [0.5, 0.6) is 0 Å². The van der Waals surface area contributed by atoms with E-state index in [2.05, 4.69) is 41.5 Å². The van der Waals surface area contributed by atoms with Gasteiger partial charge in [-0.05, 0) is 24.6 Å². The van der Waals surface area contributed by atoms with Gasteiger partial charge in [0.05, 0.1) is 0 Å². The van der Waals surface area contributed by atoms with Crippen molar-refractivity contribution in [2.24, 2.45) is 0 Å². The summed E-state index contributed by atoms with van der Waals surface area (Å²) in [5.41, 5.74) is 2.69. The molecule has 1 N–H and O–H groups in total. The van der Waals surface area contributed by atoms with Gasteiger partial charge in [-0.15, -0.1) is 0 Å². The molecule has 1 amide bonds. The minimum atomic E-state index is 0.105. The zero-order chi connectivity index (χ0) is 11.5. The molecular weight excluding hydrogens is 200 g/mol. The Labute approximate surface area is 96.5 Å². The molecule has 1 aliphatic heterocycles. The maximum Gasteiger partial charge on any atom is 0.221 e. The number of benzene rings is 1. The van der Waals surface area contributed by atoms with Gasteiger partial charge in [0, 0.05) is 26.1 Å². The number of carbonyl (C=O) groups excluding carboxylic acids is 1. The van der Waals surface area contributed by atoms with Crippen LogP contribution in [0.2, 0.25) is 0 Å². The molecule has 3 heteroatoms. The monoisotopic (exact) mass is 218 g/mol. The van der Waals surface area contributed by atoms with Crippen LogP contribution in [-0.4, -0.2) is 31.4 Å². The Bertz CT molecular complexity index is 389. The Kier molecular flexibility index (Phi) is 3.25. The van der Waals surface area contributed by atoms with Gasteiger partial charge in [-0.25, -0.2) is 0 Å². The summed E-state index contributed by atoms with van der Waals surface area (Å²) in [7, 11) is 3.78. The largest absolute Gasteiger partial charge is 0.359 e. The van der Waals surface area contributed by atoms with Crippen LogP contribution in [0, 0.1) is 0 Å². The third kappa shape index (κ3) is 2.09. The van der Waals surface area contributed by atoms with Gasteiger partial charge in [0.15, 0.2) is 0 Å². The van der Waals surface area contributed by atoms with Crippen molar-refractivity contribution in [3.63, 3.8) is 0 Å². The molecule has 0 aromatic heterocycles. The highest BCUT2D eigenvalue weighted by Gasteiger charge is 2.25. The Morgan fingerprint density at radius 1 is 1.50 bits per heavy atom. The highest BCUT2D eigenvalue weighted by atomic mass is 16.1. The van der Waals surface area contributed by atoms with Crippen LogP contribution in [-0.2, 0) is 11.2 Å². The van der Waals surface area contributed by atoms with Crippen molar-refractivity contribution < 1.29 is 4.79 Å². The lowest BCUT2D eigenvalue weighted by Crippen LogP contribution is -2.35. The van der Waals surface area contributed by atoms with E-state index in [0.29, 0.717) is 6.42 Å². The molecule has 1 aromatic carbocycles. The third-order valence-electron chi connectivity index (χ3n) is 3.34. The van der Waals surface area contributed by atoms with Crippen molar-refractivity contribution in [1.29, 1.82) is 0 Å². The lowest BCUT2D eigenvalue weighted by Gasteiger charge is -2.34. The highest BCUT2D eigenvalue weighted by molar-refractivity contribution is 5.76. The molecule has 0 aliphatic carbocycles. The van der Waals surface area contributed by atoms with E-state index in [4.69, 9.17) is 0 Å². The van der Waals surface area contributed by atoms with Crippen LogP contribution >= 0.6 is 0 Å². The smallest absolute Gasteiger partial charge is 0.221 e. The Morgan fingerprint density at radius 2 is 2.25 bits per heavy atom. The van der Waals surface area contributed by atoms with Gasteiger partial charge in [0.25, 0.3) is 0 Å². The van der Waals surface area contributed by atoms with Gasteiger partial charge in [-0.1, -0.05) is 24.3 Å². The van der Waals surface area contributed by atoms with Crippen molar-refractivity contribution >= 4 is 5.91 Å². The number of nitrogens with one attached hydrogen (secondary N) is 1. The second-order valence-electron chi connectivity index (χ2n) is 4.32. The van der Waals surface area contributed by atoms with Crippen LogP contribution in [0.25, 0.3) is 0 Å². The van der Waals surface area contributed by atoms with Crippen LogP contribution < -0.4 is 5.32 Å². The molecule has 1 heterocycles. The van der Waals surface area contributed by atoms with Gasteiger partial charge < -0.3 is 5.32 Å². The van der Waals surface area contributed by atoms with Gasteiger partial charge in [-0.3, -0.25) is 9.69 Å². The fraction of sp³-hybridized carbons (Fsp3) is 0.462. The predicted octanol–water partition coefficient (Wildman–Crippen LogP) is 1.35. The molecule has 1 atom stereocenters. The third-order valence-corrected chi connectivity index (χ3v) is 3.34. The van der Waals surface area contributed by atoms with Gasteiger partial charge >= 0.3 is 0 Å². The molecule has 0 radical (unpaired) electrons. The predicted molar refractivity (Wildman–Crippen MR) is 64.2 cm³/mol. The number of hydrogen-bond acceptors (Lipinski definition) is 2. The fourth-order valence-electron chi connectivity index (χ4n) is 2.32. The Hall–Kier alpha value is -1.35. The molecule has 0 saturated heterocycles. The van der Waals surface area contributed by atoms with Crippen LogP contribution in [0.15, 0.2) is 24.3 Å². The number of likely N-dealkylation sites (N-methyl/N-ethyl adjacent to an activating group) is 1. The maximum atomic E-state index is 11.5. The normalized spacial score (nSPS) is 20.2. The molecule has 2 rings (SSSR count). The minimum absolute atomic E-state index is 0.105. The number of hydrogen-bond donors (Lipinski definition) is 1. The molecule has 0 fully saturated rings. The lowest BCUT2D eigenvalue weighted by atomic mass is 9.91. The van der Waals surface area contributed by atoms with E-state index in [9.17, 15) is 4.79 Å². The number of fused-ring (bicyclic) bond motifs is 1. The fourth-order valence-corrected chi connectivity index (χ4v) is 2.32. The molecule has 0 bridgehead atoms. The first kappa shape index (κ1) is 11.1. The first-order valence-electron chi connectivity index (χ1n) is 5.71. The minimum Gasteiger partial charge on any atom is -0.359 e. The van der Waals surface area contributed by atoms with Crippen LogP contribution in [0.1, 0.15) is 23.6 Å².